The Hall–Kier alpha value is -0.810. The molecule has 1 saturated heterocycles. The summed E-state index contributed by atoms with van der Waals surface area (Å²) in [5.41, 5.74) is -0.875. The van der Waals surface area contributed by atoms with Gasteiger partial charge >= 0.3 is 6.09 Å². The van der Waals surface area contributed by atoms with E-state index < -0.39 is 11.7 Å². The number of amides is 1. The van der Waals surface area contributed by atoms with Gasteiger partial charge in [-0.05, 0) is 72.6 Å². The van der Waals surface area contributed by atoms with Gasteiger partial charge in [0.25, 0.3) is 0 Å². The van der Waals surface area contributed by atoms with Crippen molar-refractivity contribution in [3.8, 4) is 0 Å². The van der Waals surface area contributed by atoms with E-state index in [1.54, 1.807) is 0 Å². The van der Waals surface area contributed by atoms with Gasteiger partial charge in [0.1, 0.15) is 5.60 Å². The first-order valence-corrected chi connectivity index (χ1v) is 8.81. The molecule has 0 bridgehead atoms. The van der Waals surface area contributed by atoms with Gasteiger partial charge in [0, 0.05) is 12.0 Å². The highest BCUT2D eigenvalue weighted by Crippen LogP contribution is 2.49. The molecule has 5 heteroatoms. The quantitative estimate of drug-likeness (QED) is 0.786. The molecule has 0 spiro atoms. The Balaban J connectivity index is 1.95. The molecule has 0 aromatic carbocycles. The summed E-state index contributed by atoms with van der Waals surface area (Å²) in [6, 6.07) is 0. The largest absolute Gasteiger partial charge is 0.444 e. The highest BCUT2D eigenvalue weighted by Gasteiger charge is 2.48. The fourth-order valence-electron chi connectivity index (χ4n) is 3.57. The van der Waals surface area contributed by atoms with Gasteiger partial charge in [-0.1, -0.05) is 0 Å². The maximum atomic E-state index is 12.0. The molecule has 1 amide bonds. The van der Waals surface area contributed by atoms with Gasteiger partial charge in [-0.15, -0.1) is 0 Å². The van der Waals surface area contributed by atoms with Crippen LogP contribution in [0.1, 0.15) is 66.7 Å². The minimum absolute atomic E-state index is 0.0754. The van der Waals surface area contributed by atoms with E-state index in [1.807, 2.05) is 20.8 Å². The Labute approximate surface area is 140 Å². The highest BCUT2D eigenvalue weighted by atomic mass is 16.6. The molecule has 1 saturated carbocycles. The van der Waals surface area contributed by atoms with Crippen molar-refractivity contribution in [2.45, 2.75) is 84.0 Å². The van der Waals surface area contributed by atoms with Gasteiger partial charge in [0.2, 0.25) is 0 Å². The molecule has 2 unspecified atom stereocenters. The number of hydrogen-bond acceptors (Lipinski definition) is 4. The fraction of sp³-hybridized carbons (Fsp3) is 0.944. The molecule has 0 aromatic heterocycles. The van der Waals surface area contributed by atoms with Crippen molar-refractivity contribution in [2.24, 2.45) is 11.3 Å². The van der Waals surface area contributed by atoms with E-state index in [2.05, 4.69) is 19.2 Å². The number of ether oxygens (including phenoxy) is 2. The van der Waals surface area contributed by atoms with Crippen molar-refractivity contribution in [2.75, 3.05) is 13.2 Å². The lowest BCUT2D eigenvalue weighted by molar-refractivity contribution is -0.0489. The molecule has 134 valence electrons. The first-order chi connectivity index (χ1) is 10.6. The molecule has 2 aliphatic rings. The molecule has 23 heavy (non-hydrogen) atoms. The van der Waals surface area contributed by atoms with Crippen LogP contribution < -0.4 is 5.32 Å². The van der Waals surface area contributed by atoms with Crippen molar-refractivity contribution in [1.82, 2.24) is 5.32 Å². The van der Waals surface area contributed by atoms with Crippen molar-refractivity contribution in [3.63, 3.8) is 0 Å². The standard InChI is InChI=1S/C18H33NO4/c1-16(2,3)23-15(21)19-11-18(12-20,13-6-7-13)10-14-8-9-17(4,5)22-14/h13-14,20H,6-12H2,1-5H3,(H,19,21). The summed E-state index contributed by atoms with van der Waals surface area (Å²) in [6.07, 6.45) is 4.85. The summed E-state index contributed by atoms with van der Waals surface area (Å²) >= 11 is 0. The molecule has 1 heterocycles. The van der Waals surface area contributed by atoms with Crippen molar-refractivity contribution < 1.29 is 19.4 Å². The normalized spacial score (nSPS) is 26.6. The second kappa shape index (κ2) is 6.60. The Bertz CT molecular complexity index is 425. The first-order valence-electron chi connectivity index (χ1n) is 8.81. The number of rotatable bonds is 6. The van der Waals surface area contributed by atoms with Gasteiger partial charge in [-0.2, -0.15) is 0 Å². The summed E-state index contributed by atoms with van der Waals surface area (Å²) in [5.74, 6) is 0.467. The van der Waals surface area contributed by atoms with Crippen LogP contribution in [0.25, 0.3) is 0 Å². The monoisotopic (exact) mass is 327 g/mol. The molecule has 5 nitrogen and oxygen atoms in total. The van der Waals surface area contributed by atoms with E-state index in [1.165, 1.54) is 0 Å². The predicted octanol–water partition coefficient (Wildman–Crippen LogP) is 3.25. The average molecular weight is 327 g/mol. The number of aliphatic hydroxyl groups is 1. The lowest BCUT2D eigenvalue weighted by Crippen LogP contribution is -2.45. The predicted molar refractivity (Wildman–Crippen MR) is 89.3 cm³/mol. The van der Waals surface area contributed by atoms with Crippen molar-refractivity contribution >= 4 is 6.09 Å². The number of carbonyl (C=O) groups excluding carboxylic acids is 1. The highest BCUT2D eigenvalue weighted by molar-refractivity contribution is 5.67. The molecule has 0 aromatic rings. The molecular weight excluding hydrogens is 294 g/mol. The number of nitrogens with one attached hydrogen (secondary N) is 1. The summed E-state index contributed by atoms with van der Waals surface area (Å²) < 4.78 is 11.4. The van der Waals surface area contributed by atoms with Crippen LogP contribution in [0.4, 0.5) is 4.79 Å². The maximum absolute atomic E-state index is 12.0. The first kappa shape index (κ1) is 18.5. The molecule has 0 radical (unpaired) electrons. The molecule has 1 aliphatic heterocycles. The topological polar surface area (TPSA) is 67.8 Å². The van der Waals surface area contributed by atoms with Gasteiger partial charge in [-0.3, -0.25) is 0 Å². The Morgan fingerprint density at radius 1 is 1.30 bits per heavy atom. The van der Waals surface area contributed by atoms with E-state index in [-0.39, 0.29) is 23.7 Å². The van der Waals surface area contributed by atoms with Crippen LogP contribution in [0.5, 0.6) is 0 Å². The SMILES string of the molecule is CC(C)(C)OC(=O)NCC(CO)(CC1CCC(C)(C)O1)C1CC1. The number of carbonyl (C=O) groups is 1. The molecular formula is C18H33NO4. The molecule has 2 fully saturated rings. The van der Waals surface area contributed by atoms with Crippen molar-refractivity contribution in [3.05, 3.63) is 0 Å². The summed E-state index contributed by atoms with van der Waals surface area (Å²) in [7, 11) is 0. The second-order valence-corrected chi connectivity index (χ2v) is 8.89. The molecule has 2 rings (SSSR count). The van der Waals surface area contributed by atoms with Gasteiger partial charge in [0.05, 0.1) is 18.3 Å². The van der Waals surface area contributed by atoms with E-state index in [0.29, 0.717) is 12.5 Å². The fourth-order valence-corrected chi connectivity index (χ4v) is 3.57. The van der Waals surface area contributed by atoms with Crippen molar-refractivity contribution in [1.29, 1.82) is 0 Å². The average Bonchev–Trinajstić information content (AvgIpc) is 3.19. The zero-order valence-electron chi connectivity index (χ0n) is 15.3. The van der Waals surface area contributed by atoms with Crippen LogP contribution in [0.15, 0.2) is 0 Å². The minimum atomic E-state index is -0.510. The molecule has 2 atom stereocenters. The zero-order valence-corrected chi connectivity index (χ0v) is 15.3. The second-order valence-electron chi connectivity index (χ2n) is 8.89. The number of aliphatic hydroxyl groups excluding tert-OH is 1. The van der Waals surface area contributed by atoms with Crippen LogP contribution in [-0.2, 0) is 9.47 Å². The summed E-state index contributed by atoms with van der Waals surface area (Å²) in [5, 5.41) is 12.9. The Morgan fingerprint density at radius 3 is 2.39 bits per heavy atom. The van der Waals surface area contributed by atoms with Gasteiger partial charge in [-0.25, -0.2) is 4.79 Å². The number of alkyl carbamates (subject to hydrolysis) is 1. The third-order valence-corrected chi connectivity index (χ3v) is 4.93. The van der Waals surface area contributed by atoms with E-state index in [9.17, 15) is 9.90 Å². The van der Waals surface area contributed by atoms with Crippen LogP contribution >= 0.6 is 0 Å². The van der Waals surface area contributed by atoms with Crippen LogP contribution in [-0.4, -0.2) is 41.7 Å². The van der Waals surface area contributed by atoms with E-state index >= 15 is 0 Å². The van der Waals surface area contributed by atoms with E-state index in [4.69, 9.17) is 9.47 Å². The number of hydrogen-bond donors (Lipinski definition) is 2. The van der Waals surface area contributed by atoms with E-state index in [0.717, 1.165) is 32.1 Å². The molecule has 1 aliphatic carbocycles. The maximum Gasteiger partial charge on any atom is 0.407 e. The lowest BCUT2D eigenvalue weighted by Gasteiger charge is -2.35. The third kappa shape index (κ3) is 5.35. The summed E-state index contributed by atoms with van der Waals surface area (Å²) in [4.78, 5) is 12.0. The Kier molecular flexibility index (Phi) is 5.31. The lowest BCUT2D eigenvalue weighted by atomic mass is 9.77. The van der Waals surface area contributed by atoms with Crippen LogP contribution in [0.2, 0.25) is 0 Å². The smallest absolute Gasteiger partial charge is 0.407 e. The minimum Gasteiger partial charge on any atom is -0.444 e. The van der Waals surface area contributed by atoms with Crippen LogP contribution in [0.3, 0.4) is 0 Å². The van der Waals surface area contributed by atoms with Gasteiger partial charge < -0.3 is 19.9 Å². The Morgan fingerprint density at radius 2 is 1.96 bits per heavy atom. The van der Waals surface area contributed by atoms with Crippen LogP contribution in [0, 0.1) is 11.3 Å². The molecule has 2 N–H and O–H groups in total. The zero-order chi connectivity index (χ0) is 17.3. The third-order valence-electron chi connectivity index (χ3n) is 4.93. The summed E-state index contributed by atoms with van der Waals surface area (Å²) in [6.45, 7) is 10.3. The van der Waals surface area contributed by atoms with Gasteiger partial charge in [0.15, 0.2) is 0 Å².